The zero-order valence-electron chi connectivity index (χ0n) is 10.7. The van der Waals surface area contributed by atoms with Crippen molar-refractivity contribution in [2.45, 2.75) is 26.1 Å². The summed E-state index contributed by atoms with van der Waals surface area (Å²) >= 11 is 1.44. The van der Waals surface area contributed by atoms with Crippen molar-refractivity contribution >= 4 is 28.1 Å². The van der Waals surface area contributed by atoms with Crippen LogP contribution in [-0.4, -0.2) is 45.8 Å². The number of carboxylic acid groups (broad SMARTS) is 1. The Hall–Kier alpha value is -1.60. The third-order valence-corrected chi connectivity index (χ3v) is 3.92. The minimum atomic E-state index is -0.951. The van der Waals surface area contributed by atoms with E-state index in [9.17, 15) is 9.90 Å². The number of nitrogens with zero attached hydrogens (tertiary/aromatic N) is 3. The highest BCUT2D eigenvalue weighted by atomic mass is 32.1. The summed E-state index contributed by atoms with van der Waals surface area (Å²) in [6, 6.07) is 0. The molecule has 3 rings (SSSR count). The van der Waals surface area contributed by atoms with Crippen LogP contribution in [0.5, 0.6) is 0 Å². The molecule has 0 amide bonds. The number of anilines is 1. The minimum Gasteiger partial charge on any atom is -0.476 e. The molecule has 7 heteroatoms. The lowest BCUT2D eigenvalue weighted by atomic mass is 10.2. The van der Waals surface area contributed by atoms with Gasteiger partial charge >= 0.3 is 5.97 Å². The summed E-state index contributed by atoms with van der Waals surface area (Å²) in [6.07, 6.45) is 1.89. The fraction of sp³-hybridized carbons (Fsp3) is 0.500. The molecule has 1 fully saturated rings. The van der Waals surface area contributed by atoms with Gasteiger partial charge in [-0.1, -0.05) is 0 Å². The second-order valence-electron chi connectivity index (χ2n) is 4.81. The van der Waals surface area contributed by atoms with Crippen LogP contribution in [0.1, 0.15) is 24.3 Å². The normalized spacial score (nSPS) is 24.0. The minimum absolute atomic E-state index is 0.0742. The standard InChI is InChI=1S/C12H15N3O3S/c1-7-5-14(6-8(2)18-7)10-9(11(16)17)15-3-4-19-12(15)13-10/h3-4,7-8H,5-6H2,1-2H3,(H,16,17). The Kier molecular flexibility index (Phi) is 2.94. The van der Waals surface area contributed by atoms with Crippen LogP contribution >= 0.6 is 11.3 Å². The van der Waals surface area contributed by atoms with Gasteiger partial charge in [-0.15, -0.1) is 11.3 Å². The van der Waals surface area contributed by atoms with Gasteiger partial charge in [-0.2, -0.15) is 0 Å². The lowest BCUT2D eigenvalue weighted by Gasteiger charge is -2.35. The van der Waals surface area contributed by atoms with E-state index in [1.54, 1.807) is 10.6 Å². The van der Waals surface area contributed by atoms with Gasteiger partial charge in [0, 0.05) is 24.7 Å². The molecule has 1 saturated heterocycles. The maximum absolute atomic E-state index is 11.5. The fourth-order valence-electron chi connectivity index (χ4n) is 2.54. The van der Waals surface area contributed by atoms with E-state index in [4.69, 9.17) is 4.74 Å². The zero-order chi connectivity index (χ0) is 13.6. The first-order valence-corrected chi connectivity index (χ1v) is 7.03. The van der Waals surface area contributed by atoms with Crippen LogP contribution in [0, 0.1) is 0 Å². The maximum atomic E-state index is 11.5. The summed E-state index contributed by atoms with van der Waals surface area (Å²) in [6.45, 7) is 5.30. The number of rotatable bonds is 2. The largest absolute Gasteiger partial charge is 0.476 e. The molecule has 2 unspecified atom stereocenters. The van der Waals surface area contributed by atoms with Crippen molar-refractivity contribution in [2.24, 2.45) is 0 Å². The van der Waals surface area contributed by atoms with Crippen LogP contribution in [0.2, 0.25) is 0 Å². The first-order valence-electron chi connectivity index (χ1n) is 6.15. The molecular formula is C12H15N3O3S. The third kappa shape index (κ3) is 2.08. The third-order valence-electron chi connectivity index (χ3n) is 3.17. The fourth-order valence-corrected chi connectivity index (χ4v) is 3.25. The first kappa shape index (κ1) is 12.4. The summed E-state index contributed by atoms with van der Waals surface area (Å²) in [4.78, 5) is 18.7. The van der Waals surface area contributed by atoms with Crippen molar-refractivity contribution in [3.05, 3.63) is 17.3 Å². The molecule has 0 aromatic carbocycles. The highest BCUT2D eigenvalue weighted by Crippen LogP contribution is 2.27. The molecule has 6 nitrogen and oxygen atoms in total. The number of aromatic carboxylic acids is 1. The number of imidazole rings is 1. The van der Waals surface area contributed by atoms with Gasteiger partial charge in [-0.05, 0) is 13.8 Å². The van der Waals surface area contributed by atoms with Gasteiger partial charge in [0.2, 0.25) is 0 Å². The number of carboxylic acids is 1. The van der Waals surface area contributed by atoms with Crippen LogP contribution in [0.3, 0.4) is 0 Å². The molecule has 1 N–H and O–H groups in total. The molecule has 2 aromatic rings. The quantitative estimate of drug-likeness (QED) is 0.907. The van der Waals surface area contributed by atoms with Gasteiger partial charge in [0.15, 0.2) is 16.5 Å². The molecule has 1 aliphatic heterocycles. The number of ether oxygens (including phenoxy) is 1. The van der Waals surface area contributed by atoms with Crippen molar-refractivity contribution in [2.75, 3.05) is 18.0 Å². The van der Waals surface area contributed by atoms with Gasteiger partial charge in [0.25, 0.3) is 0 Å². The Balaban J connectivity index is 2.06. The Morgan fingerprint density at radius 2 is 2.16 bits per heavy atom. The van der Waals surface area contributed by atoms with Crippen LogP contribution in [0.4, 0.5) is 5.82 Å². The van der Waals surface area contributed by atoms with E-state index in [1.807, 2.05) is 24.1 Å². The van der Waals surface area contributed by atoms with E-state index in [-0.39, 0.29) is 17.9 Å². The second kappa shape index (κ2) is 4.50. The Labute approximate surface area is 114 Å². The molecule has 19 heavy (non-hydrogen) atoms. The highest BCUT2D eigenvalue weighted by Gasteiger charge is 2.29. The summed E-state index contributed by atoms with van der Waals surface area (Å²) in [5.41, 5.74) is 0.234. The lowest BCUT2D eigenvalue weighted by molar-refractivity contribution is -0.00554. The Bertz CT molecular complexity index is 611. The average Bonchev–Trinajstić information content (AvgIpc) is 2.85. The number of hydrogen-bond acceptors (Lipinski definition) is 5. The predicted molar refractivity (Wildman–Crippen MR) is 72.3 cm³/mol. The SMILES string of the molecule is CC1CN(c2nc3sccn3c2C(=O)O)CC(C)O1. The van der Waals surface area contributed by atoms with Crippen molar-refractivity contribution in [1.29, 1.82) is 0 Å². The molecule has 0 saturated carbocycles. The summed E-state index contributed by atoms with van der Waals surface area (Å²) < 4.78 is 7.30. The van der Waals surface area contributed by atoms with Crippen molar-refractivity contribution in [3.8, 4) is 0 Å². The van der Waals surface area contributed by atoms with Gasteiger partial charge < -0.3 is 14.7 Å². The number of hydrogen-bond donors (Lipinski definition) is 1. The van der Waals surface area contributed by atoms with Crippen molar-refractivity contribution in [1.82, 2.24) is 9.38 Å². The monoisotopic (exact) mass is 281 g/mol. The molecule has 2 aromatic heterocycles. The highest BCUT2D eigenvalue weighted by molar-refractivity contribution is 7.15. The summed E-state index contributed by atoms with van der Waals surface area (Å²) in [5, 5.41) is 11.3. The molecule has 102 valence electrons. The smallest absolute Gasteiger partial charge is 0.356 e. The first-order chi connectivity index (χ1) is 9.06. The van der Waals surface area contributed by atoms with Gasteiger partial charge in [-0.25, -0.2) is 9.78 Å². The van der Waals surface area contributed by atoms with E-state index in [2.05, 4.69) is 4.98 Å². The summed E-state index contributed by atoms with van der Waals surface area (Å²) in [7, 11) is 0. The number of aromatic nitrogens is 2. The molecule has 2 atom stereocenters. The molecular weight excluding hydrogens is 266 g/mol. The number of thiazole rings is 1. The van der Waals surface area contributed by atoms with Crippen LogP contribution < -0.4 is 4.90 Å². The number of carbonyl (C=O) groups is 1. The Morgan fingerprint density at radius 1 is 1.47 bits per heavy atom. The topological polar surface area (TPSA) is 67.1 Å². The van der Waals surface area contributed by atoms with E-state index in [0.717, 1.165) is 0 Å². The molecule has 1 aliphatic rings. The molecule has 0 radical (unpaired) electrons. The van der Waals surface area contributed by atoms with Crippen molar-refractivity contribution in [3.63, 3.8) is 0 Å². The second-order valence-corrected chi connectivity index (χ2v) is 5.68. The van der Waals surface area contributed by atoms with E-state index in [1.165, 1.54) is 11.3 Å². The lowest BCUT2D eigenvalue weighted by Crippen LogP contribution is -2.46. The van der Waals surface area contributed by atoms with Gasteiger partial charge in [0.1, 0.15) is 0 Å². The Morgan fingerprint density at radius 3 is 2.79 bits per heavy atom. The van der Waals surface area contributed by atoms with E-state index < -0.39 is 5.97 Å². The van der Waals surface area contributed by atoms with Gasteiger partial charge in [-0.3, -0.25) is 4.40 Å². The van der Waals surface area contributed by atoms with Crippen LogP contribution in [0.25, 0.3) is 4.96 Å². The van der Waals surface area contributed by atoms with Crippen molar-refractivity contribution < 1.29 is 14.6 Å². The average molecular weight is 281 g/mol. The van der Waals surface area contributed by atoms with Crippen LogP contribution in [0.15, 0.2) is 11.6 Å². The van der Waals surface area contributed by atoms with Gasteiger partial charge in [0.05, 0.1) is 12.2 Å². The molecule has 0 bridgehead atoms. The predicted octanol–water partition coefficient (Wildman–Crippen LogP) is 1.71. The molecule has 0 spiro atoms. The maximum Gasteiger partial charge on any atom is 0.356 e. The number of fused-ring (bicyclic) bond motifs is 1. The van der Waals surface area contributed by atoms with E-state index >= 15 is 0 Å². The molecule has 3 heterocycles. The zero-order valence-corrected chi connectivity index (χ0v) is 11.6. The van der Waals surface area contributed by atoms with Crippen LogP contribution in [-0.2, 0) is 4.74 Å². The molecule has 0 aliphatic carbocycles. The summed E-state index contributed by atoms with van der Waals surface area (Å²) in [5.74, 6) is -0.408. The van der Waals surface area contributed by atoms with E-state index in [0.29, 0.717) is 23.9 Å². The number of morpholine rings is 1.